The van der Waals surface area contributed by atoms with Gasteiger partial charge in [-0.25, -0.2) is 4.79 Å². The van der Waals surface area contributed by atoms with Gasteiger partial charge in [0.1, 0.15) is 0 Å². The molecule has 0 spiro atoms. The monoisotopic (exact) mass is 354 g/mol. The fraction of sp³-hybridized carbons (Fsp3) is 0.842. The van der Waals surface area contributed by atoms with E-state index in [0.717, 1.165) is 19.3 Å². The van der Waals surface area contributed by atoms with Crippen molar-refractivity contribution < 1.29 is 19.1 Å². The smallest absolute Gasteiger partial charge is 0.333 e. The first-order chi connectivity index (χ1) is 10.9. The number of carbonyl (C=O) groups is 1. The lowest BCUT2D eigenvalue weighted by Crippen LogP contribution is -2.60. The van der Waals surface area contributed by atoms with Crippen LogP contribution in [-0.4, -0.2) is 38.2 Å². The molecule has 0 radical (unpaired) electrons. The molecule has 1 N–H and O–H groups in total. The van der Waals surface area contributed by atoms with Crippen LogP contribution in [0, 0.1) is 5.41 Å². The molecule has 0 aromatic rings. The second kappa shape index (κ2) is 6.26. The van der Waals surface area contributed by atoms with Gasteiger partial charge in [0, 0.05) is 11.0 Å². The maximum atomic E-state index is 11.9. The van der Waals surface area contributed by atoms with Gasteiger partial charge in [-0.2, -0.15) is 0 Å². The topological polar surface area (TPSA) is 55.8 Å². The molecule has 0 unspecified atom stereocenters. The van der Waals surface area contributed by atoms with Crippen molar-refractivity contribution in [3.63, 3.8) is 0 Å². The van der Waals surface area contributed by atoms with Crippen LogP contribution in [0.3, 0.4) is 0 Å². The van der Waals surface area contributed by atoms with E-state index in [1.165, 1.54) is 7.11 Å². The Hall–Kier alpha value is -0.653. The van der Waals surface area contributed by atoms with Gasteiger partial charge in [0.25, 0.3) is 0 Å². The van der Waals surface area contributed by atoms with Crippen molar-refractivity contribution in [3.8, 4) is 0 Å². The second-order valence-corrected chi connectivity index (χ2v) is 14.0. The Bertz CT molecular complexity index is 534. The Balaban J connectivity index is 2.33. The predicted molar refractivity (Wildman–Crippen MR) is 98.3 cm³/mol. The van der Waals surface area contributed by atoms with Crippen LogP contribution in [-0.2, 0) is 14.0 Å². The molecule has 0 amide bonds. The largest absolute Gasteiger partial charge is 0.466 e. The maximum Gasteiger partial charge on any atom is 0.333 e. The van der Waals surface area contributed by atoms with Gasteiger partial charge < -0.3 is 14.3 Å². The highest BCUT2D eigenvalue weighted by Gasteiger charge is 2.57. The second-order valence-electron chi connectivity index (χ2n) is 9.26. The molecular weight excluding hydrogens is 320 g/mol. The number of esters is 1. The molecule has 2 aliphatic rings. The van der Waals surface area contributed by atoms with Crippen LogP contribution < -0.4 is 0 Å². The van der Waals surface area contributed by atoms with Crippen LogP contribution in [0.5, 0.6) is 0 Å². The highest BCUT2D eigenvalue weighted by molar-refractivity contribution is 6.74. The SMILES string of the molecule is COC(=O)C1=C[C@]2(O)CCC[C@H](O[Si](C)(C)C(C)(C)C)[C@@]2(C)CC1. The van der Waals surface area contributed by atoms with Crippen molar-refractivity contribution in [3.05, 3.63) is 11.6 Å². The number of hydrogen-bond donors (Lipinski definition) is 1. The number of aliphatic hydroxyl groups is 1. The Morgan fingerprint density at radius 2 is 1.96 bits per heavy atom. The minimum absolute atomic E-state index is 0.0348. The van der Waals surface area contributed by atoms with Crippen LogP contribution in [0.2, 0.25) is 18.1 Å². The highest BCUT2D eigenvalue weighted by atomic mass is 28.4. The highest BCUT2D eigenvalue weighted by Crippen LogP contribution is 2.54. The zero-order chi connectivity index (χ0) is 18.4. The zero-order valence-electron chi connectivity index (χ0n) is 16.4. The minimum Gasteiger partial charge on any atom is -0.466 e. The summed E-state index contributed by atoms with van der Waals surface area (Å²) in [5.41, 5.74) is -0.733. The van der Waals surface area contributed by atoms with E-state index in [1.54, 1.807) is 6.08 Å². The Morgan fingerprint density at radius 3 is 2.50 bits per heavy atom. The van der Waals surface area contributed by atoms with Crippen molar-refractivity contribution >= 4 is 14.3 Å². The normalized spacial score (nSPS) is 34.3. The average Bonchev–Trinajstić information content (AvgIpc) is 2.46. The molecule has 2 aliphatic carbocycles. The van der Waals surface area contributed by atoms with E-state index in [-0.39, 0.29) is 22.5 Å². The molecule has 4 nitrogen and oxygen atoms in total. The number of fused-ring (bicyclic) bond motifs is 1. The van der Waals surface area contributed by atoms with Crippen molar-refractivity contribution in [1.29, 1.82) is 0 Å². The summed E-state index contributed by atoms with van der Waals surface area (Å²) in [4.78, 5) is 11.9. The lowest BCUT2D eigenvalue weighted by atomic mass is 9.57. The van der Waals surface area contributed by atoms with Gasteiger partial charge in [-0.15, -0.1) is 0 Å². The van der Waals surface area contributed by atoms with Gasteiger partial charge in [0.05, 0.1) is 18.8 Å². The van der Waals surface area contributed by atoms with Crippen LogP contribution >= 0.6 is 0 Å². The molecule has 0 heterocycles. The number of ether oxygens (including phenoxy) is 1. The summed E-state index contributed by atoms with van der Waals surface area (Å²) in [7, 11) is -0.524. The van der Waals surface area contributed by atoms with Gasteiger partial charge in [-0.1, -0.05) is 27.7 Å². The molecule has 0 bridgehead atoms. The summed E-state index contributed by atoms with van der Waals surface area (Å²) in [6, 6.07) is 0. The molecular formula is C19H34O4Si. The molecule has 0 aromatic carbocycles. The summed E-state index contributed by atoms with van der Waals surface area (Å²) < 4.78 is 11.6. The standard InChI is InChI=1S/C19H34O4Si/c1-17(2,3)24(6,7)23-15-9-8-11-19(21)13-14(16(20)22-5)10-12-18(15,19)4/h13,15,21H,8-12H2,1-7H3/t15-,18+,19+/m0/s1. The fourth-order valence-electron chi connectivity index (χ4n) is 3.82. The van der Waals surface area contributed by atoms with Crippen molar-refractivity contribution in [2.24, 2.45) is 5.41 Å². The van der Waals surface area contributed by atoms with E-state index < -0.39 is 13.9 Å². The van der Waals surface area contributed by atoms with Crippen molar-refractivity contribution in [1.82, 2.24) is 0 Å². The van der Waals surface area contributed by atoms with Gasteiger partial charge in [0.2, 0.25) is 0 Å². The minimum atomic E-state index is -1.92. The molecule has 0 aliphatic heterocycles. The van der Waals surface area contributed by atoms with E-state index in [1.807, 2.05) is 0 Å². The fourth-order valence-corrected chi connectivity index (χ4v) is 5.27. The number of rotatable bonds is 3. The number of methoxy groups -OCH3 is 1. The van der Waals surface area contributed by atoms with Gasteiger partial charge >= 0.3 is 5.97 Å². The van der Waals surface area contributed by atoms with Crippen LogP contribution in [0.4, 0.5) is 0 Å². The van der Waals surface area contributed by atoms with E-state index in [9.17, 15) is 9.90 Å². The summed E-state index contributed by atoms with van der Waals surface area (Å²) in [5, 5.41) is 11.5. The Labute approximate surface area is 147 Å². The number of hydrogen-bond acceptors (Lipinski definition) is 4. The Kier molecular flexibility index (Phi) is 5.13. The van der Waals surface area contributed by atoms with E-state index in [4.69, 9.17) is 9.16 Å². The quantitative estimate of drug-likeness (QED) is 0.610. The number of carbonyl (C=O) groups excluding carboxylic acids is 1. The lowest BCUT2D eigenvalue weighted by molar-refractivity contribution is -0.147. The van der Waals surface area contributed by atoms with Crippen molar-refractivity contribution in [2.75, 3.05) is 7.11 Å². The molecule has 1 saturated carbocycles. The first kappa shape index (κ1) is 19.7. The molecule has 0 aromatic heterocycles. The first-order valence-electron chi connectivity index (χ1n) is 9.06. The zero-order valence-corrected chi connectivity index (χ0v) is 17.4. The van der Waals surface area contributed by atoms with Crippen LogP contribution in [0.15, 0.2) is 11.6 Å². The summed E-state index contributed by atoms with van der Waals surface area (Å²) >= 11 is 0. The molecule has 0 saturated heterocycles. The molecule has 3 atom stereocenters. The first-order valence-corrected chi connectivity index (χ1v) is 12.0. The maximum absolute atomic E-state index is 11.9. The average molecular weight is 355 g/mol. The van der Waals surface area contributed by atoms with Gasteiger partial charge in [-0.3, -0.25) is 0 Å². The van der Waals surface area contributed by atoms with E-state index in [0.29, 0.717) is 18.4 Å². The predicted octanol–water partition coefficient (Wildman–Crippen LogP) is 4.19. The molecule has 2 rings (SSSR count). The molecule has 138 valence electrons. The lowest BCUT2D eigenvalue weighted by Gasteiger charge is -2.56. The summed E-state index contributed by atoms with van der Waals surface area (Å²) in [6.07, 6.45) is 5.77. The van der Waals surface area contributed by atoms with E-state index in [2.05, 4.69) is 40.8 Å². The molecule has 5 heteroatoms. The summed E-state index contributed by atoms with van der Waals surface area (Å²) in [6.45, 7) is 13.4. The van der Waals surface area contributed by atoms with E-state index >= 15 is 0 Å². The van der Waals surface area contributed by atoms with Crippen molar-refractivity contribution in [2.45, 2.75) is 89.6 Å². The van der Waals surface area contributed by atoms with Gasteiger partial charge in [-0.05, 0) is 56.3 Å². The van der Waals surface area contributed by atoms with Crippen LogP contribution in [0.1, 0.15) is 59.8 Å². The molecule has 1 fully saturated rings. The molecule has 24 heavy (non-hydrogen) atoms. The van der Waals surface area contributed by atoms with Gasteiger partial charge in [0.15, 0.2) is 8.32 Å². The summed E-state index contributed by atoms with van der Waals surface area (Å²) in [5.74, 6) is -0.321. The third-order valence-electron chi connectivity index (χ3n) is 6.74. The third kappa shape index (κ3) is 3.23. The third-order valence-corrected chi connectivity index (χ3v) is 11.2. The Morgan fingerprint density at radius 1 is 1.33 bits per heavy atom. The van der Waals surface area contributed by atoms with Crippen LogP contribution in [0.25, 0.3) is 0 Å².